The number of hydrogen-bond acceptors (Lipinski definition) is 3. The third kappa shape index (κ3) is 2.87. The monoisotopic (exact) mass is 128 g/mol. The van der Waals surface area contributed by atoms with Gasteiger partial charge in [-0.25, -0.2) is 0 Å². The van der Waals surface area contributed by atoms with Crippen molar-refractivity contribution in [2.75, 3.05) is 0 Å². The van der Waals surface area contributed by atoms with Crippen LogP contribution < -0.4 is 5.90 Å². The molecule has 0 rings (SSSR count). The van der Waals surface area contributed by atoms with E-state index in [1.807, 2.05) is 13.8 Å². The summed E-state index contributed by atoms with van der Waals surface area (Å²) in [7, 11) is 0. The molecule has 9 heavy (non-hydrogen) atoms. The Morgan fingerprint density at radius 2 is 2.33 bits per heavy atom. The van der Waals surface area contributed by atoms with Gasteiger partial charge in [0.25, 0.3) is 0 Å². The van der Waals surface area contributed by atoms with Crippen molar-refractivity contribution in [3.8, 4) is 0 Å². The molecule has 0 fully saturated rings. The van der Waals surface area contributed by atoms with E-state index in [1.165, 1.54) is 0 Å². The molecule has 2 N–H and O–H groups in total. The van der Waals surface area contributed by atoms with E-state index in [1.54, 1.807) is 6.08 Å². The number of allylic oxidation sites excluding steroid dienone is 1. The molecule has 0 aromatic heterocycles. The molecule has 0 amide bonds. The van der Waals surface area contributed by atoms with E-state index in [4.69, 9.17) is 5.90 Å². The summed E-state index contributed by atoms with van der Waals surface area (Å²) in [4.78, 5) is 4.07. The summed E-state index contributed by atoms with van der Waals surface area (Å²) in [5.41, 5.74) is 0.762. The van der Waals surface area contributed by atoms with Crippen LogP contribution in [0.3, 0.4) is 0 Å². The first-order valence-electron chi connectivity index (χ1n) is 2.78. The van der Waals surface area contributed by atoms with Gasteiger partial charge in [-0.05, 0) is 12.0 Å². The number of nitrogens with zero attached hydrogens (tertiary/aromatic N) is 1. The summed E-state index contributed by atoms with van der Waals surface area (Å²) in [5.74, 6) is 5.02. The maximum atomic E-state index is 4.71. The summed E-state index contributed by atoms with van der Waals surface area (Å²) >= 11 is 0. The fourth-order valence-corrected chi connectivity index (χ4v) is 0.439. The molecule has 0 heterocycles. The highest BCUT2D eigenvalue weighted by atomic mass is 16.7. The molecule has 0 atom stereocenters. The SMILES string of the molecule is C=C/C(=N\ON)C(C)C. The van der Waals surface area contributed by atoms with Gasteiger partial charge in [-0.2, -0.15) is 0 Å². The second-order valence-corrected chi connectivity index (χ2v) is 1.98. The minimum atomic E-state index is 0.311. The standard InChI is InChI=1S/C6H12N2O/c1-4-6(5(2)3)8-9-7/h4-5H,1,7H2,2-3H3/b8-6+. The van der Waals surface area contributed by atoms with Crippen LogP contribution >= 0.6 is 0 Å². The van der Waals surface area contributed by atoms with Crippen molar-refractivity contribution in [3.63, 3.8) is 0 Å². The van der Waals surface area contributed by atoms with E-state index in [0.717, 1.165) is 5.71 Å². The third-order valence-corrected chi connectivity index (χ3v) is 0.959. The summed E-state index contributed by atoms with van der Waals surface area (Å²) in [6, 6.07) is 0. The molecular weight excluding hydrogens is 116 g/mol. The molecule has 0 unspecified atom stereocenters. The van der Waals surface area contributed by atoms with E-state index in [9.17, 15) is 0 Å². The molecular formula is C6H12N2O. The lowest BCUT2D eigenvalue weighted by Gasteiger charge is -2.00. The van der Waals surface area contributed by atoms with Gasteiger partial charge in [0, 0.05) is 0 Å². The summed E-state index contributed by atoms with van der Waals surface area (Å²) < 4.78 is 0. The van der Waals surface area contributed by atoms with Crippen LogP contribution in [0.4, 0.5) is 0 Å². The van der Waals surface area contributed by atoms with Crippen molar-refractivity contribution in [3.05, 3.63) is 12.7 Å². The lowest BCUT2D eigenvalue weighted by atomic mass is 10.1. The van der Waals surface area contributed by atoms with Crippen LogP contribution in [0.15, 0.2) is 17.8 Å². The van der Waals surface area contributed by atoms with Gasteiger partial charge in [0.1, 0.15) is 0 Å². The molecule has 3 nitrogen and oxygen atoms in total. The number of oxime groups is 1. The van der Waals surface area contributed by atoms with Crippen molar-refractivity contribution < 1.29 is 4.94 Å². The maximum Gasteiger partial charge on any atom is 0.0841 e. The smallest absolute Gasteiger partial charge is 0.0841 e. The quantitative estimate of drug-likeness (QED) is 0.456. The molecule has 0 aromatic carbocycles. The van der Waals surface area contributed by atoms with Gasteiger partial charge in [0.2, 0.25) is 0 Å². The first-order valence-corrected chi connectivity index (χ1v) is 2.78. The second kappa shape index (κ2) is 4.09. The van der Waals surface area contributed by atoms with E-state index in [2.05, 4.69) is 16.7 Å². The topological polar surface area (TPSA) is 47.6 Å². The summed E-state index contributed by atoms with van der Waals surface area (Å²) in [6.07, 6.45) is 1.62. The highest BCUT2D eigenvalue weighted by Crippen LogP contribution is 1.96. The number of rotatable bonds is 3. The van der Waals surface area contributed by atoms with Gasteiger partial charge in [0.05, 0.1) is 5.71 Å². The third-order valence-electron chi connectivity index (χ3n) is 0.959. The summed E-state index contributed by atoms with van der Waals surface area (Å²) in [5, 5.41) is 3.52. The van der Waals surface area contributed by atoms with E-state index in [0.29, 0.717) is 5.92 Å². The average molecular weight is 128 g/mol. The van der Waals surface area contributed by atoms with Crippen molar-refractivity contribution in [1.29, 1.82) is 0 Å². The molecule has 52 valence electrons. The lowest BCUT2D eigenvalue weighted by Crippen LogP contribution is -2.05. The normalized spacial score (nSPS) is 11.8. The zero-order valence-corrected chi connectivity index (χ0v) is 5.79. The molecule has 0 aliphatic carbocycles. The van der Waals surface area contributed by atoms with Crippen molar-refractivity contribution in [2.24, 2.45) is 17.0 Å². The minimum absolute atomic E-state index is 0.311. The predicted molar refractivity (Wildman–Crippen MR) is 37.7 cm³/mol. The van der Waals surface area contributed by atoms with Crippen LogP contribution in [-0.2, 0) is 4.94 Å². The fraction of sp³-hybridized carbons (Fsp3) is 0.500. The Labute approximate surface area is 55.1 Å². The average Bonchev–Trinajstić information content (AvgIpc) is 1.82. The fourth-order valence-electron chi connectivity index (χ4n) is 0.439. The first kappa shape index (κ1) is 8.17. The molecule has 0 saturated heterocycles. The zero-order chi connectivity index (χ0) is 7.28. The molecule has 0 radical (unpaired) electrons. The largest absolute Gasteiger partial charge is 0.302 e. The van der Waals surface area contributed by atoms with E-state index < -0.39 is 0 Å². The van der Waals surface area contributed by atoms with Crippen LogP contribution in [0.2, 0.25) is 0 Å². The van der Waals surface area contributed by atoms with Crippen LogP contribution in [-0.4, -0.2) is 5.71 Å². The molecule has 0 bridgehead atoms. The predicted octanol–water partition coefficient (Wildman–Crippen LogP) is 1.07. The first-order chi connectivity index (χ1) is 4.22. The molecule has 0 spiro atoms. The van der Waals surface area contributed by atoms with Crippen LogP contribution in [0.25, 0.3) is 0 Å². The number of nitrogens with two attached hydrogens (primary N) is 1. The van der Waals surface area contributed by atoms with Crippen molar-refractivity contribution in [2.45, 2.75) is 13.8 Å². The summed E-state index contributed by atoms with van der Waals surface area (Å²) in [6.45, 7) is 7.51. The Morgan fingerprint density at radius 1 is 1.78 bits per heavy atom. The Bertz CT molecular complexity index is 118. The highest BCUT2D eigenvalue weighted by Gasteiger charge is 1.98. The van der Waals surface area contributed by atoms with Gasteiger partial charge in [-0.3, -0.25) is 0 Å². The van der Waals surface area contributed by atoms with Gasteiger partial charge < -0.3 is 4.94 Å². The second-order valence-electron chi connectivity index (χ2n) is 1.98. The Hall–Kier alpha value is -0.830. The molecule has 0 aromatic rings. The van der Waals surface area contributed by atoms with Crippen molar-refractivity contribution in [1.82, 2.24) is 0 Å². The van der Waals surface area contributed by atoms with Gasteiger partial charge in [-0.15, -0.1) is 5.90 Å². The van der Waals surface area contributed by atoms with Crippen LogP contribution in [0.1, 0.15) is 13.8 Å². The zero-order valence-electron chi connectivity index (χ0n) is 5.79. The Morgan fingerprint density at radius 3 is 2.44 bits per heavy atom. The van der Waals surface area contributed by atoms with Crippen LogP contribution in [0, 0.1) is 5.92 Å². The molecule has 3 heteroatoms. The Kier molecular flexibility index (Phi) is 3.71. The molecule has 0 aliphatic rings. The number of hydrogen-bond donors (Lipinski definition) is 1. The molecule has 0 aliphatic heterocycles. The highest BCUT2D eigenvalue weighted by molar-refractivity contribution is 5.95. The van der Waals surface area contributed by atoms with Crippen LogP contribution in [0.5, 0.6) is 0 Å². The molecule has 0 saturated carbocycles. The van der Waals surface area contributed by atoms with Gasteiger partial charge in [-0.1, -0.05) is 25.6 Å². The van der Waals surface area contributed by atoms with E-state index >= 15 is 0 Å². The Balaban J connectivity index is 3.97. The lowest BCUT2D eigenvalue weighted by molar-refractivity contribution is 0.148. The minimum Gasteiger partial charge on any atom is -0.302 e. The van der Waals surface area contributed by atoms with E-state index in [-0.39, 0.29) is 0 Å². The van der Waals surface area contributed by atoms with Gasteiger partial charge in [0.15, 0.2) is 0 Å². The maximum absolute atomic E-state index is 4.71. The van der Waals surface area contributed by atoms with Gasteiger partial charge >= 0.3 is 0 Å². The van der Waals surface area contributed by atoms with Crippen molar-refractivity contribution >= 4 is 5.71 Å².